The largest absolute Gasteiger partial charge is 0.389 e. The fourth-order valence-electron chi connectivity index (χ4n) is 6.49. The van der Waals surface area contributed by atoms with Gasteiger partial charge in [-0.15, -0.1) is 0 Å². The molecule has 2 saturated carbocycles. The highest BCUT2D eigenvalue weighted by Crippen LogP contribution is 2.65. The van der Waals surface area contributed by atoms with Crippen LogP contribution in [0.4, 0.5) is 18.0 Å². The van der Waals surface area contributed by atoms with Gasteiger partial charge >= 0.3 is 12.2 Å². The first kappa shape index (κ1) is 23.1. The fourth-order valence-corrected chi connectivity index (χ4v) is 6.49. The summed E-state index contributed by atoms with van der Waals surface area (Å²) in [5.74, 6) is 0.191. The molecule has 4 rings (SSSR count). The minimum Gasteiger partial charge on any atom is -0.333 e. The van der Waals surface area contributed by atoms with Crippen molar-refractivity contribution in [1.29, 1.82) is 0 Å². The minimum absolute atomic E-state index is 0.0128. The van der Waals surface area contributed by atoms with Crippen molar-refractivity contribution in [2.45, 2.75) is 90.4 Å². The van der Waals surface area contributed by atoms with Crippen molar-refractivity contribution in [2.24, 2.45) is 21.8 Å². The molecule has 3 aliphatic rings. The van der Waals surface area contributed by atoms with Crippen molar-refractivity contribution in [3.8, 4) is 0 Å². The van der Waals surface area contributed by atoms with E-state index >= 15 is 0 Å². The Hall–Kier alpha value is -2.05. The first-order valence-corrected chi connectivity index (χ1v) is 11.6. The summed E-state index contributed by atoms with van der Waals surface area (Å²) in [6.45, 7) is 10.6. The molecule has 1 N–H and O–H groups in total. The number of alkyl halides is 3. The molecular weight excluding hydrogens is 415 g/mol. The summed E-state index contributed by atoms with van der Waals surface area (Å²) in [4.78, 5) is 13.5. The third-order valence-corrected chi connectivity index (χ3v) is 8.90. The van der Waals surface area contributed by atoms with Gasteiger partial charge in [-0.3, -0.25) is 0 Å². The summed E-state index contributed by atoms with van der Waals surface area (Å²) in [5, 5.41) is 9.13. The molecule has 4 atom stereocenters. The number of hydrogen-bond donors (Lipinski definition) is 1. The van der Waals surface area contributed by atoms with E-state index in [1.807, 2.05) is 44.2 Å². The molecule has 0 spiro atoms. The van der Waals surface area contributed by atoms with Gasteiger partial charge in [0.25, 0.3) is 0 Å². The average molecular weight is 450 g/mol. The summed E-state index contributed by atoms with van der Waals surface area (Å²) < 4.78 is 39.0. The number of benzene rings is 1. The van der Waals surface area contributed by atoms with Gasteiger partial charge < -0.3 is 5.32 Å². The molecule has 1 unspecified atom stereocenters. The highest BCUT2D eigenvalue weighted by Gasteiger charge is 2.62. The maximum absolute atomic E-state index is 13.5. The Balaban J connectivity index is 1.60. The van der Waals surface area contributed by atoms with Crippen LogP contribution in [0.2, 0.25) is 0 Å². The number of nitrogens with one attached hydrogen (secondary N) is 1. The molecule has 0 radical (unpaired) electrons. The van der Waals surface area contributed by atoms with Crippen molar-refractivity contribution in [3.05, 3.63) is 35.9 Å². The van der Waals surface area contributed by atoms with Crippen molar-refractivity contribution in [2.75, 3.05) is 0 Å². The Labute approximate surface area is 188 Å². The van der Waals surface area contributed by atoms with E-state index in [-0.39, 0.29) is 35.2 Å². The molecule has 2 aliphatic carbocycles. The van der Waals surface area contributed by atoms with E-state index in [1.165, 1.54) is 11.4 Å². The zero-order valence-electron chi connectivity index (χ0n) is 19.6. The van der Waals surface area contributed by atoms with Crippen LogP contribution in [0.5, 0.6) is 0 Å². The second-order valence-electron chi connectivity index (χ2n) is 11.1. The van der Waals surface area contributed by atoms with Crippen LogP contribution >= 0.6 is 0 Å². The van der Waals surface area contributed by atoms with E-state index in [4.69, 9.17) is 0 Å². The molecular formula is C25H34F3N3O. The van der Waals surface area contributed by atoms with Crippen molar-refractivity contribution in [3.63, 3.8) is 0 Å². The van der Waals surface area contributed by atoms with E-state index in [1.54, 1.807) is 0 Å². The lowest BCUT2D eigenvalue weighted by Gasteiger charge is -2.41. The van der Waals surface area contributed by atoms with Crippen LogP contribution < -0.4 is 5.32 Å². The number of urea groups is 1. The van der Waals surface area contributed by atoms with E-state index in [0.29, 0.717) is 11.6 Å². The number of carbonyl (C=O) groups is 1. The van der Waals surface area contributed by atoms with E-state index in [2.05, 4.69) is 31.2 Å². The van der Waals surface area contributed by atoms with Crippen LogP contribution in [0, 0.1) is 16.7 Å². The number of amides is 2. The predicted molar refractivity (Wildman–Crippen MR) is 119 cm³/mol. The summed E-state index contributed by atoms with van der Waals surface area (Å²) in [7, 11) is 0. The molecule has 2 fully saturated rings. The van der Waals surface area contributed by atoms with Gasteiger partial charge in [0.15, 0.2) is 0 Å². The van der Waals surface area contributed by atoms with Gasteiger partial charge in [-0.05, 0) is 61.8 Å². The Morgan fingerprint density at radius 2 is 1.81 bits per heavy atom. The standard InChI is InChI=1S/C25H34F3N3O/c1-22(2)17-11-13-24(22,5)19(15-17)29-21(32)31-23(3,4)20(16-9-7-6-8-10-16)18(30-31)12-14-25(26,27)28/h6-10,17,19-20H,11-15H2,1-5H3,(H,29,32)/t17-,19-,20?,24-/m0/s1. The third kappa shape index (κ3) is 3.61. The quantitative estimate of drug-likeness (QED) is 0.561. The number of rotatable bonds is 4. The number of hydrogen-bond acceptors (Lipinski definition) is 2. The molecule has 1 aliphatic heterocycles. The van der Waals surface area contributed by atoms with Gasteiger partial charge in [-0.25, -0.2) is 9.80 Å². The molecule has 0 saturated heterocycles. The second-order valence-corrected chi connectivity index (χ2v) is 11.1. The van der Waals surface area contributed by atoms with Crippen LogP contribution in [0.1, 0.15) is 78.2 Å². The summed E-state index contributed by atoms with van der Waals surface area (Å²) in [6, 6.07) is 9.14. The lowest BCUT2D eigenvalue weighted by molar-refractivity contribution is -0.132. The first-order valence-electron chi connectivity index (χ1n) is 11.6. The zero-order valence-corrected chi connectivity index (χ0v) is 19.6. The van der Waals surface area contributed by atoms with Gasteiger partial charge in [0, 0.05) is 24.1 Å². The second kappa shape index (κ2) is 7.49. The summed E-state index contributed by atoms with van der Waals surface area (Å²) in [5.41, 5.74) is 0.674. The van der Waals surface area contributed by atoms with Crippen molar-refractivity contribution >= 4 is 11.7 Å². The first-order chi connectivity index (χ1) is 14.8. The van der Waals surface area contributed by atoms with Crippen LogP contribution in [0.15, 0.2) is 35.4 Å². The van der Waals surface area contributed by atoms with E-state index in [9.17, 15) is 18.0 Å². The Kier molecular flexibility index (Phi) is 5.41. The molecule has 1 aromatic carbocycles. The minimum atomic E-state index is -4.27. The summed E-state index contributed by atoms with van der Waals surface area (Å²) >= 11 is 0. The lowest BCUT2D eigenvalue weighted by Crippen LogP contribution is -2.54. The van der Waals surface area contributed by atoms with Gasteiger partial charge in [0.2, 0.25) is 0 Å². The topological polar surface area (TPSA) is 44.7 Å². The normalized spacial score (nSPS) is 32.8. The van der Waals surface area contributed by atoms with Crippen LogP contribution in [-0.4, -0.2) is 34.5 Å². The number of hydrazone groups is 1. The number of nitrogens with zero attached hydrogens (tertiary/aromatic N) is 2. The molecule has 176 valence electrons. The number of halogens is 3. The van der Waals surface area contributed by atoms with E-state index < -0.39 is 18.1 Å². The SMILES string of the molecule is CC1(C)C(c2ccccc2)C(CCC(F)(F)F)=NN1C(=O)N[C@H]1C[C@@H]2CC[C@]1(C)C2(C)C. The van der Waals surface area contributed by atoms with Crippen LogP contribution in [0.3, 0.4) is 0 Å². The molecule has 0 aromatic heterocycles. The molecule has 2 bridgehead atoms. The van der Waals surface area contributed by atoms with Crippen LogP contribution in [0.25, 0.3) is 0 Å². The zero-order chi connectivity index (χ0) is 23.5. The van der Waals surface area contributed by atoms with Crippen molar-refractivity contribution < 1.29 is 18.0 Å². The fraction of sp³-hybridized carbons (Fsp3) is 0.680. The van der Waals surface area contributed by atoms with Gasteiger partial charge in [0.05, 0.1) is 5.54 Å². The summed E-state index contributed by atoms with van der Waals surface area (Å²) in [6.07, 6.45) is -2.24. The molecule has 1 heterocycles. The van der Waals surface area contributed by atoms with Gasteiger partial charge in [-0.1, -0.05) is 51.1 Å². The van der Waals surface area contributed by atoms with Gasteiger partial charge in [-0.2, -0.15) is 18.3 Å². The monoisotopic (exact) mass is 449 g/mol. The molecule has 32 heavy (non-hydrogen) atoms. The molecule has 4 nitrogen and oxygen atoms in total. The Morgan fingerprint density at radius 3 is 2.34 bits per heavy atom. The number of carbonyl (C=O) groups excluding carboxylic acids is 1. The van der Waals surface area contributed by atoms with Crippen LogP contribution in [-0.2, 0) is 0 Å². The van der Waals surface area contributed by atoms with Crippen molar-refractivity contribution in [1.82, 2.24) is 10.3 Å². The lowest BCUT2D eigenvalue weighted by atomic mass is 9.69. The number of fused-ring (bicyclic) bond motifs is 2. The maximum atomic E-state index is 13.5. The highest BCUT2D eigenvalue weighted by atomic mass is 19.4. The van der Waals surface area contributed by atoms with Gasteiger partial charge in [0.1, 0.15) is 0 Å². The molecule has 1 aromatic rings. The smallest absolute Gasteiger partial charge is 0.333 e. The predicted octanol–water partition coefficient (Wildman–Crippen LogP) is 6.49. The average Bonchev–Trinajstić information content (AvgIpc) is 3.17. The maximum Gasteiger partial charge on any atom is 0.389 e. The highest BCUT2D eigenvalue weighted by molar-refractivity contribution is 5.96. The third-order valence-electron chi connectivity index (χ3n) is 8.90. The van der Waals surface area contributed by atoms with E-state index in [0.717, 1.165) is 18.4 Å². The Bertz CT molecular complexity index is 909. The molecule has 7 heteroatoms. The molecule has 2 amide bonds. The Morgan fingerprint density at radius 1 is 1.16 bits per heavy atom.